The highest BCUT2D eigenvalue weighted by Gasteiger charge is 2.30. The van der Waals surface area contributed by atoms with Crippen molar-refractivity contribution < 1.29 is 23.0 Å². The van der Waals surface area contributed by atoms with Crippen molar-refractivity contribution in [3.8, 4) is 0 Å². The molecule has 2 rings (SSSR count). The van der Waals surface area contributed by atoms with Gasteiger partial charge in [0.05, 0.1) is 24.5 Å². The molecule has 0 unspecified atom stereocenters. The van der Waals surface area contributed by atoms with Gasteiger partial charge in [-0.1, -0.05) is 0 Å². The lowest BCUT2D eigenvalue weighted by Crippen LogP contribution is -2.41. The van der Waals surface area contributed by atoms with E-state index in [1.165, 1.54) is 12.1 Å². The molecule has 4 nitrogen and oxygen atoms in total. The monoisotopic (exact) mass is 285 g/mol. The Balaban J connectivity index is 2.04. The summed E-state index contributed by atoms with van der Waals surface area (Å²) in [5.74, 6) is -3.15. The van der Waals surface area contributed by atoms with Crippen LogP contribution in [0.3, 0.4) is 0 Å². The maximum atomic E-state index is 13.8. The van der Waals surface area contributed by atoms with Crippen molar-refractivity contribution in [1.82, 2.24) is 0 Å². The lowest BCUT2D eigenvalue weighted by atomic mass is 9.89. The summed E-state index contributed by atoms with van der Waals surface area (Å²) in [7, 11) is 1.12. The molecule has 1 aliphatic rings. The second-order valence-electron chi connectivity index (χ2n) is 4.67. The fraction of sp³-hybridized carbons (Fsp3) is 0.500. The molecule has 1 saturated carbocycles. The van der Waals surface area contributed by atoms with Gasteiger partial charge in [0.15, 0.2) is 11.6 Å². The molecule has 0 amide bonds. The highest BCUT2D eigenvalue weighted by Crippen LogP contribution is 2.29. The maximum Gasteiger partial charge on any atom is 0.340 e. The van der Waals surface area contributed by atoms with Crippen molar-refractivity contribution in [3.05, 3.63) is 29.3 Å². The number of hydrogen-bond acceptors (Lipinski definition) is 4. The molecule has 20 heavy (non-hydrogen) atoms. The third-order valence-corrected chi connectivity index (χ3v) is 3.34. The molecule has 0 aromatic heterocycles. The van der Waals surface area contributed by atoms with E-state index < -0.39 is 23.2 Å². The number of halogens is 2. The van der Waals surface area contributed by atoms with Gasteiger partial charge in [0, 0.05) is 12.6 Å². The second-order valence-corrected chi connectivity index (χ2v) is 4.67. The lowest BCUT2D eigenvalue weighted by molar-refractivity contribution is 0.00292. The van der Waals surface area contributed by atoms with Crippen LogP contribution in [-0.2, 0) is 9.47 Å². The molecular formula is C14H17F2NO3. The number of hydrogen-bond donors (Lipinski definition) is 1. The number of carbonyl (C=O) groups excluding carboxylic acids is 1. The molecule has 1 fully saturated rings. The zero-order chi connectivity index (χ0) is 14.7. The van der Waals surface area contributed by atoms with Crippen LogP contribution < -0.4 is 5.32 Å². The summed E-state index contributed by atoms with van der Waals surface area (Å²) >= 11 is 0. The third-order valence-electron chi connectivity index (χ3n) is 3.34. The summed E-state index contributed by atoms with van der Waals surface area (Å²) in [6.07, 6.45) is 1.70. The first-order valence-corrected chi connectivity index (χ1v) is 6.51. The van der Waals surface area contributed by atoms with Gasteiger partial charge in [-0.3, -0.25) is 0 Å². The molecule has 1 aliphatic carbocycles. The Morgan fingerprint density at radius 2 is 2.05 bits per heavy atom. The average Bonchev–Trinajstić information content (AvgIpc) is 2.40. The van der Waals surface area contributed by atoms with E-state index in [4.69, 9.17) is 4.74 Å². The number of rotatable bonds is 5. The summed E-state index contributed by atoms with van der Waals surface area (Å²) in [5, 5.41) is 2.91. The number of benzene rings is 1. The van der Waals surface area contributed by atoms with Gasteiger partial charge in [-0.15, -0.1) is 0 Å². The predicted molar refractivity (Wildman–Crippen MR) is 69.8 cm³/mol. The molecule has 0 aliphatic heterocycles. The van der Waals surface area contributed by atoms with Crippen molar-refractivity contribution >= 4 is 11.7 Å². The maximum absolute atomic E-state index is 13.8. The first-order chi connectivity index (χ1) is 9.56. The van der Waals surface area contributed by atoms with Gasteiger partial charge >= 0.3 is 5.97 Å². The van der Waals surface area contributed by atoms with Crippen LogP contribution in [0.15, 0.2) is 12.1 Å². The van der Waals surface area contributed by atoms with Gasteiger partial charge in [0.2, 0.25) is 0 Å². The summed E-state index contributed by atoms with van der Waals surface area (Å²) in [6.45, 7) is 2.57. The van der Waals surface area contributed by atoms with Crippen LogP contribution in [0.25, 0.3) is 0 Å². The van der Waals surface area contributed by atoms with Gasteiger partial charge in [0.25, 0.3) is 0 Å². The topological polar surface area (TPSA) is 47.6 Å². The number of anilines is 1. The fourth-order valence-electron chi connectivity index (χ4n) is 2.20. The fourth-order valence-corrected chi connectivity index (χ4v) is 2.20. The first kappa shape index (κ1) is 14.7. The van der Waals surface area contributed by atoms with Crippen molar-refractivity contribution in [1.29, 1.82) is 0 Å². The minimum Gasteiger partial charge on any atom is -0.465 e. The Morgan fingerprint density at radius 1 is 1.35 bits per heavy atom. The van der Waals surface area contributed by atoms with Gasteiger partial charge in [0.1, 0.15) is 0 Å². The number of carbonyl (C=O) groups is 1. The molecule has 0 bridgehead atoms. The summed E-state index contributed by atoms with van der Waals surface area (Å²) in [4.78, 5) is 11.2. The van der Waals surface area contributed by atoms with E-state index in [9.17, 15) is 13.6 Å². The normalized spacial score (nSPS) is 21.2. The van der Waals surface area contributed by atoms with Crippen LogP contribution >= 0.6 is 0 Å². The Hall–Kier alpha value is -1.69. The first-order valence-electron chi connectivity index (χ1n) is 6.51. The standard InChI is InChI=1S/C14H17F2NO3/c1-3-20-9-6-8(7-9)17-11-5-4-10(14(18)19-2)12(15)13(11)16/h4-5,8-9,17H,3,6-7H2,1-2H3. The molecule has 0 spiro atoms. The van der Waals surface area contributed by atoms with E-state index in [0.29, 0.717) is 6.61 Å². The summed E-state index contributed by atoms with van der Waals surface area (Å²) < 4.78 is 37.4. The Bertz CT molecular complexity index is 501. The molecule has 0 radical (unpaired) electrons. The van der Waals surface area contributed by atoms with E-state index in [1.54, 1.807) is 0 Å². The minimum atomic E-state index is -1.19. The number of nitrogens with one attached hydrogen (secondary N) is 1. The average molecular weight is 285 g/mol. The van der Waals surface area contributed by atoms with E-state index in [1.807, 2.05) is 6.92 Å². The molecular weight excluding hydrogens is 268 g/mol. The Labute approximate surface area is 116 Å². The van der Waals surface area contributed by atoms with Crippen LogP contribution in [0.4, 0.5) is 14.5 Å². The highest BCUT2D eigenvalue weighted by molar-refractivity contribution is 5.90. The number of esters is 1. The van der Waals surface area contributed by atoms with Gasteiger partial charge in [-0.25, -0.2) is 13.6 Å². The minimum absolute atomic E-state index is 0.0510. The molecule has 0 saturated heterocycles. The summed E-state index contributed by atoms with van der Waals surface area (Å²) in [6, 6.07) is 2.62. The highest BCUT2D eigenvalue weighted by atomic mass is 19.2. The van der Waals surface area contributed by atoms with E-state index >= 15 is 0 Å². The SMILES string of the molecule is CCOC1CC(Nc2ccc(C(=O)OC)c(F)c2F)C1. The van der Waals surface area contributed by atoms with Crippen LogP contribution in [-0.4, -0.2) is 31.8 Å². The van der Waals surface area contributed by atoms with Crippen molar-refractivity contribution in [2.45, 2.75) is 31.9 Å². The molecule has 1 N–H and O–H groups in total. The van der Waals surface area contributed by atoms with Gasteiger partial charge < -0.3 is 14.8 Å². The van der Waals surface area contributed by atoms with Crippen LogP contribution in [0.2, 0.25) is 0 Å². The molecule has 1 aromatic carbocycles. The van der Waals surface area contributed by atoms with Crippen LogP contribution in [0, 0.1) is 11.6 Å². The van der Waals surface area contributed by atoms with Crippen molar-refractivity contribution in [2.75, 3.05) is 19.0 Å². The van der Waals surface area contributed by atoms with Crippen LogP contribution in [0.5, 0.6) is 0 Å². The number of ether oxygens (including phenoxy) is 2. The molecule has 110 valence electrons. The summed E-state index contributed by atoms with van der Waals surface area (Å²) in [5.41, 5.74) is -0.355. The lowest BCUT2D eigenvalue weighted by Gasteiger charge is -2.36. The quantitative estimate of drug-likeness (QED) is 0.845. The van der Waals surface area contributed by atoms with Crippen LogP contribution in [0.1, 0.15) is 30.1 Å². The molecule has 1 aromatic rings. The molecule has 0 atom stereocenters. The van der Waals surface area contributed by atoms with E-state index in [0.717, 1.165) is 20.0 Å². The zero-order valence-electron chi connectivity index (χ0n) is 11.4. The van der Waals surface area contributed by atoms with Gasteiger partial charge in [-0.05, 0) is 31.9 Å². The van der Waals surface area contributed by atoms with Crippen molar-refractivity contribution in [2.24, 2.45) is 0 Å². The molecule has 6 heteroatoms. The Morgan fingerprint density at radius 3 is 2.65 bits per heavy atom. The van der Waals surface area contributed by atoms with E-state index in [-0.39, 0.29) is 17.8 Å². The zero-order valence-corrected chi connectivity index (χ0v) is 11.4. The predicted octanol–water partition coefficient (Wildman–Crippen LogP) is 2.73. The second kappa shape index (κ2) is 6.17. The third kappa shape index (κ3) is 2.90. The number of methoxy groups -OCH3 is 1. The van der Waals surface area contributed by atoms with Crippen molar-refractivity contribution in [3.63, 3.8) is 0 Å². The largest absolute Gasteiger partial charge is 0.465 e. The Kier molecular flexibility index (Phi) is 4.54. The smallest absolute Gasteiger partial charge is 0.340 e. The van der Waals surface area contributed by atoms with Gasteiger partial charge in [-0.2, -0.15) is 0 Å². The molecule has 0 heterocycles. The van der Waals surface area contributed by atoms with E-state index in [2.05, 4.69) is 10.1 Å².